The minimum atomic E-state index is -4.88. The lowest BCUT2D eigenvalue weighted by atomic mass is 10.00. The highest BCUT2D eigenvalue weighted by Gasteiger charge is 2.67. The van der Waals surface area contributed by atoms with E-state index in [0.29, 0.717) is 28.3 Å². The molecule has 0 bridgehead atoms. The molecule has 2 aliphatic rings. The molecule has 33 heavy (non-hydrogen) atoms. The molecule has 0 radical (unpaired) electrons. The lowest BCUT2D eigenvalue weighted by molar-refractivity contribution is -0.140. The Hall–Kier alpha value is -1.83. The van der Waals surface area contributed by atoms with Gasteiger partial charge in [-0.3, -0.25) is 9.59 Å². The maximum absolute atomic E-state index is 13.6. The number of benzene rings is 2. The monoisotopic (exact) mass is 521 g/mol. The molecule has 2 fully saturated rings. The third kappa shape index (κ3) is 5.15. The van der Waals surface area contributed by atoms with E-state index in [1.54, 1.807) is 18.2 Å². The van der Waals surface area contributed by atoms with Gasteiger partial charge in [0.05, 0.1) is 11.5 Å². The zero-order valence-corrected chi connectivity index (χ0v) is 19.3. The van der Waals surface area contributed by atoms with Crippen molar-refractivity contribution in [2.24, 2.45) is 11.8 Å². The average molecular weight is 523 g/mol. The number of halogens is 7. The summed E-state index contributed by atoms with van der Waals surface area (Å²) in [6, 6.07) is 7.45. The largest absolute Gasteiger partial charge is 0.419 e. The summed E-state index contributed by atoms with van der Waals surface area (Å²) in [5.74, 6) is -3.60. The van der Waals surface area contributed by atoms with Crippen LogP contribution in [0.5, 0.6) is 0 Å². The molecule has 1 N–H and O–H groups in total. The fourth-order valence-electron chi connectivity index (χ4n) is 3.95. The lowest BCUT2D eigenvalue weighted by Crippen LogP contribution is -2.24. The van der Waals surface area contributed by atoms with E-state index in [9.17, 15) is 27.2 Å². The Morgan fingerprint density at radius 1 is 1.09 bits per heavy atom. The highest BCUT2D eigenvalue weighted by Crippen LogP contribution is 2.65. The first-order valence-corrected chi connectivity index (χ1v) is 11.3. The molecule has 2 aromatic carbocycles. The third-order valence-electron chi connectivity index (χ3n) is 5.95. The van der Waals surface area contributed by atoms with Crippen LogP contribution < -0.4 is 5.32 Å². The predicted molar refractivity (Wildman–Crippen MR) is 117 cm³/mol. The number of carbonyl (C=O) groups is 2. The number of ketones is 1. The number of hydrogen-bond donors (Lipinski definition) is 1. The Morgan fingerprint density at radius 3 is 2.42 bits per heavy atom. The molecule has 1 amide bonds. The normalized spacial score (nSPS) is 21.5. The van der Waals surface area contributed by atoms with Gasteiger partial charge in [0.1, 0.15) is 15.9 Å². The molecule has 0 heterocycles. The first-order valence-electron chi connectivity index (χ1n) is 10.2. The smallest absolute Gasteiger partial charge is 0.352 e. The van der Waals surface area contributed by atoms with Crippen molar-refractivity contribution in [1.82, 2.24) is 5.32 Å². The number of carbonyl (C=O) groups excluding carboxylic acids is 2. The van der Waals surface area contributed by atoms with E-state index in [1.807, 2.05) is 0 Å². The summed E-state index contributed by atoms with van der Waals surface area (Å²) in [6.45, 7) is 0.215. The van der Waals surface area contributed by atoms with E-state index >= 15 is 0 Å². The van der Waals surface area contributed by atoms with Gasteiger partial charge in [-0.2, -0.15) is 13.2 Å². The van der Waals surface area contributed by atoms with Crippen molar-refractivity contribution in [2.75, 3.05) is 0 Å². The van der Waals surface area contributed by atoms with Crippen LogP contribution >= 0.6 is 34.8 Å². The summed E-state index contributed by atoms with van der Waals surface area (Å²) in [5.41, 5.74) is -0.144. The summed E-state index contributed by atoms with van der Waals surface area (Å²) in [7, 11) is 0. The molecule has 2 saturated carbocycles. The van der Waals surface area contributed by atoms with Gasteiger partial charge < -0.3 is 5.32 Å². The summed E-state index contributed by atoms with van der Waals surface area (Å²) >= 11 is 18.7. The van der Waals surface area contributed by atoms with Gasteiger partial charge in [0.15, 0.2) is 0 Å². The van der Waals surface area contributed by atoms with Crippen LogP contribution in [0.3, 0.4) is 0 Å². The zero-order chi connectivity index (χ0) is 24.1. The standard InChI is InChI=1S/C23H18Cl3F4NO2/c24-16-5-1-11(7-14(16)10-31-21(33)12-2-3-12)8-18(32)20-19(22(20,25)26)13-4-6-17(27)15(9-13)23(28,29)30/h1,4-7,9,12,19-20H,2-3,8,10H2,(H,31,33). The van der Waals surface area contributed by atoms with Gasteiger partial charge in [-0.15, -0.1) is 23.2 Å². The molecule has 176 valence electrons. The summed E-state index contributed by atoms with van der Waals surface area (Å²) in [6.07, 6.45) is -3.22. The highest BCUT2D eigenvalue weighted by atomic mass is 35.5. The van der Waals surface area contributed by atoms with Crippen molar-refractivity contribution in [2.45, 2.75) is 42.2 Å². The van der Waals surface area contributed by atoms with E-state index in [1.165, 1.54) is 0 Å². The molecule has 2 unspecified atom stereocenters. The molecule has 0 aromatic heterocycles. The molecule has 3 nitrogen and oxygen atoms in total. The number of Topliss-reactive ketones (excluding diaryl/α,β-unsaturated/α-hetero) is 1. The number of nitrogens with one attached hydrogen (secondary N) is 1. The third-order valence-corrected chi connectivity index (χ3v) is 7.25. The first-order chi connectivity index (χ1) is 15.4. The van der Waals surface area contributed by atoms with Gasteiger partial charge >= 0.3 is 6.18 Å². The Bertz CT molecular complexity index is 1120. The molecule has 0 spiro atoms. The number of rotatable bonds is 7. The van der Waals surface area contributed by atoms with Gasteiger partial charge in [0.2, 0.25) is 5.91 Å². The molecule has 2 atom stereocenters. The first kappa shape index (κ1) is 24.3. The molecule has 10 heteroatoms. The second-order valence-corrected chi connectivity index (χ2v) is 10.3. The second-order valence-electron chi connectivity index (χ2n) is 8.43. The Balaban J connectivity index is 1.48. The zero-order valence-electron chi connectivity index (χ0n) is 17.0. The fourth-order valence-corrected chi connectivity index (χ4v) is 5.01. The molecular formula is C23H18Cl3F4NO2. The van der Waals surface area contributed by atoms with Gasteiger partial charge in [-0.05, 0) is 47.7 Å². The van der Waals surface area contributed by atoms with Crippen molar-refractivity contribution < 1.29 is 27.2 Å². The minimum absolute atomic E-state index is 0.0417. The van der Waals surface area contributed by atoms with Crippen LogP contribution in [0.1, 0.15) is 41.0 Å². The Morgan fingerprint density at radius 2 is 1.79 bits per heavy atom. The van der Waals surface area contributed by atoms with Gasteiger partial charge in [-0.25, -0.2) is 4.39 Å². The quantitative estimate of drug-likeness (QED) is 0.346. The van der Waals surface area contributed by atoms with Crippen molar-refractivity contribution in [3.63, 3.8) is 0 Å². The molecular weight excluding hydrogens is 505 g/mol. The summed E-state index contributed by atoms with van der Waals surface area (Å²) in [5, 5.41) is 3.24. The van der Waals surface area contributed by atoms with E-state index in [0.717, 1.165) is 18.9 Å². The number of alkyl halides is 5. The molecule has 0 saturated heterocycles. The van der Waals surface area contributed by atoms with Crippen LogP contribution in [0.15, 0.2) is 36.4 Å². The molecule has 0 aliphatic heterocycles. The van der Waals surface area contributed by atoms with E-state index in [2.05, 4.69) is 5.32 Å². The van der Waals surface area contributed by atoms with Crippen molar-refractivity contribution in [3.8, 4) is 0 Å². The van der Waals surface area contributed by atoms with Crippen LogP contribution in [0.2, 0.25) is 5.02 Å². The Kier molecular flexibility index (Phi) is 6.44. The maximum atomic E-state index is 13.6. The van der Waals surface area contributed by atoms with Crippen LogP contribution in [0, 0.1) is 17.7 Å². The van der Waals surface area contributed by atoms with Crippen LogP contribution in [0.25, 0.3) is 0 Å². The molecule has 4 rings (SSSR count). The van der Waals surface area contributed by atoms with E-state index in [-0.39, 0.29) is 36.1 Å². The average Bonchev–Trinajstić information content (AvgIpc) is 3.63. The van der Waals surface area contributed by atoms with Gasteiger partial charge in [0, 0.05) is 29.8 Å². The van der Waals surface area contributed by atoms with Crippen LogP contribution in [-0.2, 0) is 28.7 Å². The highest BCUT2D eigenvalue weighted by molar-refractivity contribution is 6.53. The van der Waals surface area contributed by atoms with Crippen molar-refractivity contribution in [1.29, 1.82) is 0 Å². The number of amides is 1. The fraction of sp³-hybridized carbons (Fsp3) is 0.391. The summed E-state index contributed by atoms with van der Waals surface area (Å²) in [4.78, 5) is 24.8. The van der Waals surface area contributed by atoms with E-state index < -0.39 is 33.7 Å². The van der Waals surface area contributed by atoms with Crippen LogP contribution in [0.4, 0.5) is 17.6 Å². The van der Waals surface area contributed by atoms with Gasteiger partial charge in [0.25, 0.3) is 0 Å². The minimum Gasteiger partial charge on any atom is -0.352 e. The van der Waals surface area contributed by atoms with E-state index in [4.69, 9.17) is 34.8 Å². The topological polar surface area (TPSA) is 46.2 Å². The predicted octanol–water partition coefficient (Wildman–Crippen LogP) is 6.22. The van der Waals surface area contributed by atoms with Crippen LogP contribution in [-0.4, -0.2) is 16.0 Å². The summed E-state index contributed by atoms with van der Waals surface area (Å²) < 4.78 is 51.2. The lowest BCUT2D eigenvalue weighted by Gasteiger charge is -2.10. The number of hydrogen-bond acceptors (Lipinski definition) is 2. The Labute approximate surface area is 202 Å². The van der Waals surface area contributed by atoms with Crippen molar-refractivity contribution in [3.05, 3.63) is 69.5 Å². The second kappa shape index (κ2) is 8.75. The van der Waals surface area contributed by atoms with Gasteiger partial charge in [-0.1, -0.05) is 29.8 Å². The SMILES string of the molecule is O=C(NCc1cc(CC(=O)C2C(c3ccc(F)c(C(F)(F)F)c3)C2(Cl)Cl)ccc1Cl)C1CC1. The molecule has 2 aliphatic carbocycles. The molecule has 2 aromatic rings. The van der Waals surface area contributed by atoms with Crippen molar-refractivity contribution >= 4 is 46.5 Å². The maximum Gasteiger partial charge on any atom is 0.419 e.